The molecule has 0 atom stereocenters. The van der Waals surface area contributed by atoms with Gasteiger partial charge < -0.3 is 15.5 Å². The highest BCUT2D eigenvalue weighted by molar-refractivity contribution is 7.25. The number of carboxylic acid groups (broad SMARTS) is 2. The molecule has 0 saturated heterocycles. The number of fused-ring (bicyclic) bond motifs is 3. The van der Waals surface area contributed by atoms with E-state index in [0.717, 1.165) is 27.4 Å². The molecule has 0 radical (unpaired) electrons. The lowest BCUT2D eigenvalue weighted by atomic mass is 9.88. The fourth-order valence-corrected chi connectivity index (χ4v) is 5.55. The monoisotopic (exact) mass is 503 g/mol. The van der Waals surface area contributed by atoms with Crippen LogP contribution in [0.5, 0.6) is 0 Å². The van der Waals surface area contributed by atoms with E-state index in [1.165, 1.54) is 42.2 Å². The number of hydrogen-bond donors (Lipinski definition) is 3. The van der Waals surface area contributed by atoms with E-state index in [9.17, 15) is 0 Å². The summed E-state index contributed by atoms with van der Waals surface area (Å²) in [6.07, 6.45) is 4.39. The molecule has 1 aliphatic rings. The summed E-state index contributed by atoms with van der Waals surface area (Å²) >= 11 is 14.0. The molecule has 1 fully saturated rings. The second kappa shape index (κ2) is 10.5. The Hall–Kier alpha value is -2.61. The van der Waals surface area contributed by atoms with Crippen LogP contribution in [0.4, 0.5) is 10.6 Å². The van der Waals surface area contributed by atoms with Crippen LogP contribution in [0.25, 0.3) is 20.3 Å². The first-order valence-corrected chi connectivity index (χ1v) is 12.3. The molecule has 1 aliphatic carbocycles. The molecule has 2 heterocycles. The molecule has 172 valence electrons. The van der Waals surface area contributed by atoms with Crippen LogP contribution in [-0.2, 0) is 6.54 Å². The Morgan fingerprint density at radius 3 is 2.48 bits per heavy atom. The Morgan fingerprint density at radius 1 is 1.03 bits per heavy atom. The summed E-state index contributed by atoms with van der Waals surface area (Å²) in [4.78, 5) is 19.7. The lowest BCUT2D eigenvalue weighted by Gasteiger charge is -2.21. The Bertz CT molecular complexity index is 1280. The zero-order chi connectivity index (χ0) is 23.4. The van der Waals surface area contributed by atoms with E-state index in [1.807, 2.05) is 18.2 Å². The van der Waals surface area contributed by atoms with Crippen molar-refractivity contribution in [1.82, 2.24) is 9.97 Å². The van der Waals surface area contributed by atoms with Crippen LogP contribution in [0.15, 0.2) is 42.5 Å². The number of nitrogens with one attached hydrogen (secondary N) is 1. The van der Waals surface area contributed by atoms with E-state index in [4.69, 9.17) is 48.2 Å². The van der Waals surface area contributed by atoms with Crippen molar-refractivity contribution < 1.29 is 15.0 Å². The Kier molecular flexibility index (Phi) is 7.53. The third-order valence-corrected chi connectivity index (χ3v) is 7.47. The van der Waals surface area contributed by atoms with Gasteiger partial charge in [0.2, 0.25) is 0 Å². The summed E-state index contributed by atoms with van der Waals surface area (Å²) in [6.45, 7) is 0.636. The fourth-order valence-electron chi connectivity index (χ4n) is 4.15. The van der Waals surface area contributed by atoms with E-state index in [2.05, 4.69) is 29.6 Å². The molecule has 5 rings (SSSR count). The van der Waals surface area contributed by atoms with Crippen molar-refractivity contribution in [2.24, 2.45) is 0 Å². The highest BCUT2D eigenvalue weighted by Gasteiger charge is 2.21. The molecule has 3 N–H and O–H groups in total. The first kappa shape index (κ1) is 23.5. The molecule has 2 aromatic carbocycles. The molecular formula is C24H23Cl2N3O3S. The van der Waals surface area contributed by atoms with Crippen LogP contribution in [0, 0.1) is 0 Å². The van der Waals surface area contributed by atoms with E-state index in [0.29, 0.717) is 22.5 Å². The van der Waals surface area contributed by atoms with Crippen molar-refractivity contribution in [3.63, 3.8) is 0 Å². The average Bonchev–Trinajstić information content (AvgIpc) is 3.18. The number of halogens is 2. The molecule has 0 aliphatic heterocycles. The lowest BCUT2D eigenvalue weighted by molar-refractivity contribution is 0.137. The summed E-state index contributed by atoms with van der Waals surface area (Å²) in [5, 5.41) is 21.0. The zero-order valence-electron chi connectivity index (χ0n) is 17.7. The normalized spacial score (nSPS) is 14.1. The van der Waals surface area contributed by atoms with Crippen LogP contribution >= 0.6 is 34.5 Å². The van der Waals surface area contributed by atoms with Gasteiger partial charge in [0, 0.05) is 22.5 Å². The second-order valence-corrected chi connectivity index (χ2v) is 9.77. The molecule has 0 unspecified atom stereocenters. The van der Waals surface area contributed by atoms with Crippen molar-refractivity contribution in [3.05, 3.63) is 63.9 Å². The SMILES string of the molecule is Clc1ccc(CNc2nc(C3CCCCC3)nc3sc4ccccc4c23)cc1Cl.O=C(O)O. The minimum Gasteiger partial charge on any atom is -0.450 e. The molecular weight excluding hydrogens is 481 g/mol. The van der Waals surface area contributed by atoms with E-state index < -0.39 is 6.16 Å². The van der Waals surface area contributed by atoms with E-state index in [1.54, 1.807) is 11.3 Å². The number of thiophene rings is 1. The summed E-state index contributed by atoms with van der Waals surface area (Å²) in [5.74, 6) is 2.36. The van der Waals surface area contributed by atoms with Gasteiger partial charge >= 0.3 is 6.16 Å². The van der Waals surface area contributed by atoms with Crippen LogP contribution in [-0.4, -0.2) is 26.3 Å². The largest absolute Gasteiger partial charge is 0.503 e. The Labute approximate surface area is 205 Å². The molecule has 1 saturated carbocycles. The lowest BCUT2D eigenvalue weighted by Crippen LogP contribution is -2.11. The summed E-state index contributed by atoms with van der Waals surface area (Å²) < 4.78 is 1.25. The predicted molar refractivity (Wildman–Crippen MR) is 135 cm³/mol. The van der Waals surface area contributed by atoms with Crippen LogP contribution in [0.3, 0.4) is 0 Å². The maximum Gasteiger partial charge on any atom is 0.503 e. The minimum absolute atomic E-state index is 0.462. The first-order valence-electron chi connectivity index (χ1n) is 10.7. The predicted octanol–water partition coefficient (Wildman–Crippen LogP) is 8.03. The number of carbonyl (C=O) groups is 1. The maximum atomic E-state index is 8.56. The third-order valence-electron chi connectivity index (χ3n) is 5.67. The molecule has 4 aromatic rings. The van der Waals surface area contributed by atoms with Crippen molar-refractivity contribution in [1.29, 1.82) is 0 Å². The van der Waals surface area contributed by atoms with Gasteiger partial charge in [-0.05, 0) is 36.6 Å². The van der Waals surface area contributed by atoms with Crippen molar-refractivity contribution >= 4 is 66.8 Å². The van der Waals surface area contributed by atoms with Crippen molar-refractivity contribution in [2.45, 2.75) is 44.6 Å². The van der Waals surface area contributed by atoms with Crippen molar-refractivity contribution in [2.75, 3.05) is 5.32 Å². The standard InChI is InChI=1S/C23H21Cl2N3S.CH2O3/c24-17-11-10-14(12-18(17)25)13-26-22-20-16-8-4-5-9-19(16)29-23(20)28-21(27-22)15-6-2-1-3-7-15;2-1(3)4/h4-5,8-12,15H,1-3,6-7,13H2,(H,26,27,28);(H2,2,3,4). The number of aromatic nitrogens is 2. The van der Waals surface area contributed by atoms with Gasteiger partial charge in [-0.25, -0.2) is 14.8 Å². The quantitative estimate of drug-likeness (QED) is 0.260. The van der Waals surface area contributed by atoms with Gasteiger partial charge in [-0.3, -0.25) is 0 Å². The highest BCUT2D eigenvalue weighted by atomic mass is 35.5. The summed E-state index contributed by atoms with van der Waals surface area (Å²) in [7, 11) is 0. The van der Waals surface area contributed by atoms with Gasteiger partial charge in [0.05, 0.1) is 15.4 Å². The first-order chi connectivity index (χ1) is 15.9. The minimum atomic E-state index is -1.83. The van der Waals surface area contributed by atoms with Crippen LogP contribution in [0.1, 0.15) is 49.4 Å². The molecule has 6 nitrogen and oxygen atoms in total. The Morgan fingerprint density at radius 2 is 1.76 bits per heavy atom. The molecule has 2 aromatic heterocycles. The molecule has 0 spiro atoms. The van der Waals surface area contributed by atoms with Gasteiger partial charge in [-0.15, -0.1) is 11.3 Å². The molecule has 33 heavy (non-hydrogen) atoms. The maximum absolute atomic E-state index is 8.56. The second-order valence-electron chi connectivity index (χ2n) is 7.93. The Balaban J connectivity index is 0.000000601. The zero-order valence-corrected chi connectivity index (χ0v) is 20.1. The number of rotatable bonds is 4. The highest BCUT2D eigenvalue weighted by Crippen LogP contribution is 2.39. The van der Waals surface area contributed by atoms with E-state index >= 15 is 0 Å². The van der Waals surface area contributed by atoms with Crippen molar-refractivity contribution in [3.8, 4) is 0 Å². The number of anilines is 1. The molecule has 0 bridgehead atoms. The van der Waals surface area contributed by atoms with Gasteiger partial charge in [0.25, 0.3) is 0 Å². The van der Waals surface area contributed by atoms with Gasteiger partial charge in [-0.1, -0.05) is 66.7 Å². The number of hydrogen-bond acceptors (Lipinski definition) is 5. The van der Waals surface area contributed by atoms with E-state index in [-0.39, 0.29) is 0 Å². The summed E-state index contributed by atoms with van der Waals surface area (Å²) in [5.41, 5.74) is 1.07. The molecule has 0 amide bonds. The van der Waals surface area contributed by atoms with Gasteiger partial charge in [-0.2, -0.15) is 0 Å². The van der Waals surface area contributed by atoms with Crippen LogP contribution in [0.2, 0.25) is 10.0 Å². The van der Waals surface area contributed by atoms with Gasteiger partial charge in [0.1, 0.15) is 16.5 Å². The third kappa shape index (κ3) is 5.66. The molecule has 9 heteroatoms. The number of nitrogens with zero attached hydrogens (tertiary/aromatic N) is 2. The number of benzene rings is 2. The fraction of sp³-hybridized carbons (Fsp3) is 0.292. The van der Waals surface area contributed by atoms with Crippen LogP contribution < -0.4 is 5.32 Å². The smallest absolute Gasteiger partial charge is 0.450 e. The van der Waals surface area contributed by atoms with Gasteiger partial charge in [0.15, 0.2) is 0 Å². The average molecular weight is 504 g/mol. The summed E-state index contributed by atoms with van der Waals surface area (Å²) in [6, 6.07) is 14.2. The topological polar surface area (TPSA) is 95.3 Å².